The minimum absolute atomic E-state index is 0.0152. The first-order valence-electron chi connectivity index (χ1n) is 12.0. The SMILES string of the molecule is CCCN1CCN(Cc2ccc(O)c(C(=O)Nc3cc(-c4ccccc4)ccc3C(=O)O)c2)CC1. The summed E-state index contributed by atoms with van der Waals surface area (Å²) in [6.45, 7) is 7.94. The molecule has 0 saturated carbocycles. The van der Waals surface area contributed by atoms with Gasteiger partial charge in [-0.1, -0.05) is 49.4 Å². The van der Waals surface area contributed by atoms with Gasteiger partial charge in [-0.25, -0.2) is 4.79 Å². The van der Waals surface area contributed by atoms with E-state index >= 15 is 0 Å². The fourth-order valence-electron chi connectivity index (χ4n) is 4.44. The second kappa shape index (κ2) is 11.2. The number of carbonyl (C=O) groups is 2. The molecule has 3 aromatic rings. The summed E-state index contributed by atoms with van der Waals surface area (Å²) in [5.41, 5.74) is 2.90. The van der Waals surface area contributed by atoms with E-state index in [9.17, 15) is 19.8 Å². The second-order valence-corrected chi connectivity index (χ2v) is 8.85. The van der Waals surface area contributed by atoms with E-state index in [-0.39, 0.29) is 22.6 Å². The van der Waals surface area contributed by atoms with Crippen LogP contribution in [0.4, 0.5) is 5.69 Å². The normalized spacial score (nSPS) is 14.5. The highest BCUT2D eigenvalue weighted by atomic mass is 16.4. The summed E-state index contributed by atoms with van der Waals surface area (Å²) in [6, 6.07) is 19.4. The number of carboxylic acids is 1. The molecule has 1 saturated heterocycles. The Morgan fingerprint density at radius 2 is 1.57 bits per heavy atom. The van der Waals surface area contributed by atoms with Crippen molar-refractivity contribution in [1.29, 1.82) is 0 Å². The molecule has 7 nitrogen and oxygen atoms in total. The molecule has 1 fully saturated rings. The molecule has 7 heteroatoms. The summed E-state index contributed by atoms with van der Waals surface area (Å²) < 4.78 is 0. The second-order valence-electron chi connectivity index (χ2n) is 8.85. The van der Waals surface area contributed by atoms with Crippen LogP contribution in [0.1, 0.15) is 39.6 Å². The third-order valence-electron chi connectivity index (χ3n) is 6.32. The van der Waals surface area contributed by atoms with Crippen molar-refractivity contribution in [1.82, 2.24) is 9.80 Å². The Bertz CT molecular complexity index is 1190. The molecular formula is C28H31N3O4. The highest BCUT2D eigenvalue weighted by molar-refractivity contribution is 6.09. The molecule has 0 atom stereocenters. The average molecular weight is 474 g/mol. The number of hydrogen-bond acceptors (Lipinski definition) is 5. The van der Waals surface area contributed by atoms with Crippen molar-refractivity contribution in [3.63, 3.8) is 0 Å². The first-order chi connectivity index (χ1) is 16.9. The van der Waals surface area contributed by atoms with Gasteiger partial charge in [0.25, 0.3) is 5.91 Å². The number of rotatable bonds is 8. The standard InChI is InChI=1S/C28H31N3O4/c1-2-12-30-13-15-31(16-14-30)19-20-8-11-26(32)24(17-20)27(33)29-25-18-22(9-10-23(25)28(34)35)21-6-4-3-5-7-21/h3-11,17-18,32H,2,12-16,19H2,1H3,(H,29,33)(H,34,35). The molecule has 0 unspecified atom stereocenters. The molecule has 4 rings (SSSR count). The largest absolute Gasteiger partial charge is 0.507 e. The van der Waals surface area contributed by atoms with E-state index in [4.69, 9.17) is 0 Å². The first-order valence-corrected chi connectivity index (χ1v) is 12.0. The van der Waals surface area contributed by atoms with Crippen molar-refractivity contribution in [3.8, 4) is 16.9 Å². The lowest BCUT2D eigenvalue weighted by molar-refractivity contribution is 0.0698. The minimum Gasteiger partial charge on any atom is -0.507 e. The number of carbonyl (C=O) groups excluding carboxylic acids is 1. The number of aromatic carboxylic acids is 1. The fourth-order valence-corrected chi connectivity index (χ4v) is 4.44. The number of anilines is 1. The molecule has 1 aliphatic rings. The van der Waals surface area contributed by atoms with Gasteiger partial charge in [-0.3, -0.25) is 9.69 Å². The number of phenols is 1. The third-order valence-corrected chi connectivity index (χ3v) is 6.32. The third kappa shape index (κ3) is 6.07. The van der Waals surface area contributed by atoms with Gasteiger partial charge in [0.05, 0.1) is 16.8 Å². The van der Waals surface area contributed by atoms with Crippen molar-refractivity contribution in [2.24, 2.45) is 0 Å². The fraction of sp³-hybridized carbons (Fsp3) is 0.286. The van der Waals surface area contributed by atoms with Gasteiger partial charge in [0.1, 0.15) is 5.75 Å². The molecule has 1 heterocycles. The molecule has 0 radical (unpaired) electrons. The smallest absolute Gasteiger partial charge is 0.337 e. The zero-order valence-electron chi connectivity index (χ0n) is 19.9. The van der Waals surface area contributed by atoms with Crippen molar-refractivity contribution in [2.75, 3.05) is 38.0 Å². The summed E-state index contributed by atoms with van der Waals surface area (Å²) in [5.74, 6) is -1.83. The monoisotopic (exact) mass is 473 g/mol. The molecule has 0 aliphatic carbocycles. The molecule has 0 bridgehead atoms. The predicted molar refractivity (Wildman–Crippen MR) is 137 cm³/mol. The number of amides is 1. The Labute approximate surface area is 205 Å². The van der Waals surface area contributed by atoms with E-state index in [1.54, 1.807) is 18.2 Å². The molecule has 182 valence electrons. The van der Waals surface area contributed by atoms with Crippen molar-refractivity contribution in [3.05, 3.63) is 83.4 Å². The number of benzene rings is 3. The van der Waals surface area contributed by atoms with Crippen LogP contribution in [0.25, 0.3) is 11.1 Å². The highest BCUT2D eigenvalue weighted by Crippen LogP contribution is 2.28. The van der Waals surface area contributed by atoms with Crippen LogP contribution in [-0.2, 0) is 6.54 Å². The van der Waals surface area contributed by atoms with Crippen LogP contribution < -0.4 is 5.32 Å². The zero-order chi connectivity index (χ0) is 24.8. The molecule has 3 aromatic carbocycles. The Kier molecular flexibility index (Phi) is 7.80. The van der Waals surface area contributed by atoms with Gasteiger partial charge < -0.3 is 20.4 Å². The summed E-state index contributed by atoms with van der Waals surface area (Å²) in [4.78, 5) is 29.7. The summed E-state index contributed by atoms with van der Waals surface area (Å²) in [5, 5.41) is 22.7. The maximum atomic E-state index is 13.1. The Balaban J connectivity index is 1.52. The van der Waals surface area contributed by atoms with Crippen LogP contribution in [0, 0.1) is 0 Å². The van der Waals surface area contributed by atoms with Crippen molar-refractivity contribution < 1.29 is 19.8 Å². The van der Waals surface area contributed by atoms with E-state index < -0.39 is 11.9 Å². The van der Waals surface area contributed by atoms with Gasteiger partial charge in [-0.15, -0.1) is 0 Å². The molecule has 1 aliphatic heterocycles. The Hall–Kier alpha value is -3.68. The molecular weight excluding hydrogens is 442 g/mol. The van der Waals surface area contributed by atoms with E-state index in [0.29, 0.717) is 6.54 Å². The van der Waals surface area contributed by atoms with E-state index in [1.165, 1.54) is 12.1 Å². The average Bonchev–Trinajstić information content (AvgIpc) is 2.87. The van der Waals surface area contributed by atoms with Gasteiger partial charge in [0.15, 0.2) is 0 Å². The van der Waals surface area contributed by atoms with E-state index in [0.717, 1.165) is 55.8 Å². The molecule has 3 N–H and O–H groups in total. The number of aromatic hydroxyl groups is 1. The first kappa shape index (κ1) is 24.4. The van der Waals surface area contributed by atoms with Gasteiger partial charge in [0.2, 0.25) is 0 Å². The summed E-state index contributed by atoms with van der Waals surface area (Å²) in [7, 11) is 0. The number of nitrogens with zero attached hydrogens (tertiary/aromatic N) is 2. The van der Waals surface area contributed by atoms with Gasteiger partial charge in [0, 0.05) is 32.7 Å². The zero-order valence-corrected chi connectivity index (χ0v) is 19.9. The van der Waals surface area contributed by atoms with Crippen LogP contribution in [-0.4, -0.2) is 64.6 Å². The van der Waals surface area contributed by atoms with Crippen LogP contribution in [0.2, 0.25) is 0 Å². The molecule has 0 aromatic heterocycles. The van der Waals surface area contributed by atoms with Gasteiger partial charge in [-0.2, -0.15) is 0 Å². The Morgan fingerprint density at radius 1 is 0.857 bits per heavy atom. The topological polar surface area (TPSA) is 93.1 Å². The summed E-state index contributed by atoms with van der Waals surface area (Å²) >= 11 is 0. The quantitative estimate of drug-likeness (QED) is 0.445. The van der Waals surface area contributed by atoms with Crippen LogP contribution in [0.15, 0.2) is 66.7 Å². The maximum absolute atomic E-state index is 13.1. The van der Waals surface area contributed by atoms with Crippen LogP contribution in [0.5, 0.6) is 5.75 Å². The number of phenolic OH excluding ortho intramolecular Hbond substituents is 1. The van der Waals surface area contributed by atoms with Crippen molar-refractivity contribution >= 4 is 17.6 Å². The van der Waals surface area contributed by atoms with Crippen LogP contribution in [0.3, 0.4) is 0 Å². The van der Waals surface area contributed by atoms with E-state index in [2.05, 4.69) is 22.0 Å². The molecule has 1 amide bonds. The minimum atomic E-state index is -1.14. The van der Waals surface area contributed by atoms with Crippen molar-refractivity contribution in [2.45, 2.75) is 19.9 Å². The molecule has 35 heavy (non-hydrogen) atoms. The van der Waals surface area contributed by atoms with Crippen LogP contribution >= 0.6 is 0 Å². The summed E-state index contributed by atoms with van der Waals surface area (Å²) in [6.07, 6.45) is 1.15. The Morgan fingerprint density at radius 3 is 2.26 bits per heavy atom. The number of hydrogen-bond donors (Lipinski definition) is 3. The lowest BCUT2D eigenvalue weighted by Crippen LogP contribution is -2.45. The number of carboxylic acid groups (broad SMARTS) is 1. The van der Waals surface area contributed by atoms with Gasteiger partial charge in [-0.05, 0) is 53.9 Å². The lowest BCUT2D eigenvalue weighted by Gasteiger charge is -2.34. The number of piperazine rings is 1. The highest BCUT2D eigenvalue weighted by Gasteiger charge is 2.20. The van der Waals surface area contributed by atoms with E-state index in [1.807, 2.05) is 36.4 Å². The van der Waals surface area contributed by atoms with Gasteiger partial charge >= 0.3 is 5.97 Å². The predicted octanol–water partition coefficient (Wildman–Crippen LogP) is 4.54. The lowest BCUT2D eigenvalue weighted by atomic mass is 10.0. The molecule has 0 spiro atoms. The number of nitrogens with one attached hydrogen (secondary N) is 1. The maximum Gasteiger partial charge on any atom is 0.337 e.